The van der Waals surface area contributed by atoms with Crippen LogP contribution in [-0.2, 0) is 4.79 Å². The molecule has 0 aromatic heterocycles. The fourth-order valence-corrected chi connectivity index (χ4v) is 3.12. The lowest BCUT2D eigenvalue weighted by Gasteiger charge is -2.17. The van der Waals surface area contributed by atoms with E-state index in [9.17, 15) is 4.79 Å². The second kappa shape index (κ2) is 5.33. The van der Waals surface area contributed by atoms with Gasteiger partial charge in [-0.05, 0) is 31.4 Å². The highest BCUT2D eigenvalue weighted by Crippen LogP contribution is 2.45. The summed E-state index contributed by atoms with van der Waals surface area (Å²) in [6.45, 7) is 4.00. The molecule has 1 N–H and O–H groups in total. The van der Waals surface area contributed by atoms with E-state index in [-0.39, 0.29) is 6.04 Å². The van der Waals surface area contributed by atoms with E-state index in [4.69, 9.17) is 0 Å². The van der Waals surface area contributed by atoms with Gasteiger partial charge in [-0.25, -0.2) is 0 Å². The Labute approximate surface area is 115 Å². The Morgan fingerprint density at radius 1 is 1.32 bits per heavy atom. The van der Waals surface area contributed by atoms with Crippen molar-refractivity contribution in [3.63, 3.8) is 0 Å². The minimum absolute atomic E-state index is 0.0666. The van der Waals surface area contributed by atoms with Gasteiger partial charge in [0.1, 0.15) is 0 Å². The monoisotopic (exact) mass is 258 g/mol. The summed E-state index contributed by atoms with van der Waals surface area (Å²) in [5.41, 5.74) is 1.38. The average molecular weight is 258 g/mol. The standard InChI is InChI=1S/C16H22N2O/c1-2-9-17-14-8-10-18(16(14)19)15-11-13(15)12-6-4-3-5-7-12/h3-7,13-15,17H,2,8-11H2,1H3. The molecule has 19 heavy (non-hydrogen) atoms. The average Bonchev–Trinajstić information content (AvgIpc) is 3.16. The van der Waals surface area contributed by atoms with Crippen LogP contribution in [0.25, 0.3) is 0 Å². The first-order chi connectivity index (χ1) is 9.31. The van der Waals surface area contributed by atoms with Gasteiger partial charge in [0.2, 0.25) is 5.91 Å². The molecule has 3 unspecified atom stereocenters. The van der Waals surface area contributed by atoms with Crippen LogP contribution in [0.4, 0.5) is 0 Å². The molecule has 1 aromatic rings. The van der Waals surface area contributed by atoms with Gasteiger partial charge in [0.05, 0.1) is 6.04 Å². The summed E-state index contributed by atoms with van der Waals surface area (Å²) in [5, 5.41) is 3.36. The number of carbonyl (C=O) groups excluding carboxylic acids is 1. The Kier molecular flexibility index (Phi) is 3.56. The molecule has 3 nitrogen and oxygen atoms in total. The molecule has 1 aromatic carbocycles. The fourth-order valence-electron chi connectivity index (χ4n) is 3.12. The molecular weight excluding hydrogens is 236 g/mol. The van der Waals surface area contributed by atoms with Gasteiger partial charge in [-0.2, -0.15) is 0 Å². The number of hydrogen-bond acceptors (Lipinski definition) is 2. The van der Waals surface area contributed by atoms with Gasteiger partial charge >= 0.3 is 0 Å². The van der Waals surface area contributed by atoms with Crippen LogP contribution in [0.3, 0.4) is 0 Å². The van der Waals surface area contributed by atoms with Crippen LogP contribution >= 0.6 is 0 Å². The molecule has 0 bridgehead atoms. The highest BCUT2D eigenvalue weighted by atomic mass is 16.2. The van der Waals surface area contributed by atoms with Crippen LogP contribution in [0.1, 0.15) is 37.7 Å². The maximum absolute atomic E-state index is 12.3. The van der Waals surface area contributed by atoms with Gasteiger partial charge in [-0.3, -0.25) is 4.79 Å². The van der Waals surface area contributed by atoms with Gasteiger partial charge in [0.25, 0.3) is 0 Å². The third-order valence-electron chi connectivity index (χ3n) is 4.27. The first-order valence-electron chi connectivity index (χ1n) is 7.40. The molecule has 1 amide bonds. The number of benzene rings is 1. The second-order valence-corrected chi connectivity index (χ2v) is 5.65. The molecule has 1 aliphatic heterocycles. The molecule has 3 rings (SSSR count). The highest BCUT2D eigenvalue weighted by Gasteiger charge is 2.48. The van der Waals surface area contributed by atoms with Crippen molar-refractivity contribution in [2.75, 3.05) is 13.1 Å². The van der Waals surface area contributed by atoms with Crippen LogP contribution in [0.2, 0.25) is 0 Å². The summed E-state index contributed by atoms with van der Waals surface area (Å²) in [4.78, 5) is 14.4. The van der Waals surface area contributed by atoms with E-state index in [1.807, 2.05) is 6.07 Å². The molecular formula is C16H22N2O. The summed E-state index contributed by atoms with van der Waals surface area (Å²) in [6.07, 6.45) is 3.19. The maximum Gasteiger partial charge on any atom is 0.240 e. The maximum atomic E-state index is 12.3. The Morgan fingerprint density at radius 2 is 2.11 bits per heavy atom. The zero-order valence-electron chi connectivity index (χ0n) is 11.5. The van der Waals surface area contributed by atoms with E-state index in [0.717, 1.165) is 32.4 Å². The van der Waals surface area contributed by atoms with Crippen molar-refractivity contribution in [2.24, 2.45) is 0 Å². The number of carbonyl (C=O) groups is 1. The molecule has 102 valence electrons. The van der Waals surface area contributed by atoms with Crippen molar-refractivity contribution in [2.45, 2.75) is 44.2 Å². The predicted molar refractivity (Wildman–Crippen MR) is 76.0 cm³/mol. The zero-order valence-corrected chi connectivity index (χ0v) is 11.5. The molecule has 0 spiro atoms. The largest absolute Gasteiger partial charge is 0.338 e. The lowest BCUT2D eigenvalue weighted by atomic mass is 10.1. The minimum atomic E-state index is 0.0666. The Balaban J connectivity index is 1.59. The third kappa shape index (κ3) is 2.52. The summed E-state index contributed by atoms with van der Waals surface area (Å²) < 4.78 is 0. The predicted octanol–water partition coefficient (Wildman–Crippen LogP) is 2.14. The van der Waals surface area contributed by atoms with Crippen molar-refractivity contribution < 1.29 is 4.79 Å². The van der Waals surface area contributed by atoms with Crippen LogP contribution in [0.15, 0.2) is 30.3 Å². The normalized spacial score (nSPS) is 29.8. The molecule has 1 saturated carbocycles. The van der Waals surface area contributed by atoms with E-state index in [0.29, 0.717) is 17.9 Å². The highest BCUT2D eigenvalue weighted by molar-refractivity contribution is 5.84. The lowest BCUT2D eigenvalue weighted by molar-refractivity contribution is -0.129. The molecule has 1 aliphatic carbocycles. The topological polar surface area (TPSA) is 32.3 Å². The second-order valence-electron chi connectivity index (χ2n) is 5.65. The quantitative estimate of drug-likeness (QED) is 0.877. The van der Waals surface area contributed by atoms with Crippen molar-refractivity contribution in [3.05, 3.63) is 35.9 Å². The number of nitrogens with zero attached hydrogens (tertiary/aromatic N) is 1. The van der Waals surface area contributed by atoms with Gasteiger partial charge in [0, 0.05) is 18.5 Å². The third-order valence-corrected chi connectivity index (χ3v) is 4.27. The van der Waals surface area contributed by atoms with Crippen molar-refractivity contribution in [1.29, 1.82) is 0 Å². The van der Waals surface area contributed by atoms with Crippen LogP contribution < -0.4 is 5.32 Å². The molecule has 0 radical (unpaired) electrons. The number of likely N-dealkylation sites (tertiary alicyclic amines) is 1. The Morgan fingerprint density at radius 3 is 2.84 bits per heavy atom. The van der Waals surface area contributed by atoms with Crippen molar-refractivity contribution in [3.8, 4) is 0 Å². The SMILES string of the molecule is CCCNC1CCN(C2CC2c2ccccc2)C1=O. The summed E-state index contributed by atoms with van der Waals surface area (Å²) >= 11 is 0. The first kappa shape index (κ1) is 12.7. The van der Waals surface area contributed by atoms with Gasteiger partial charge < -0.3 is 10.2 Å². The molecule has 2 aliphatic rings. The van der Waals surface area contributed by atoms with E-state index < -0.39 is 0 Å². The van der Waals surface area contributed by atoms with E-state index >= 15 is 0 Å². The Hall–Kier alpha value is -1.35. The van der Waals surface area contributed by atoms with Gasteiger partial charge in [0.15, 0.2) is 0 Å². The summed E-state index contributed by atoms with van der Waals surface area (Å²) in [5.74, 6) is 0.881. The van der Waals surface area contributed by atoms with Gasteiger partial charge in [-0.15, -0.1) is 0 Å². The van der Waals surface area contributed by atoms with Crippen LogP contribution in [-0.4, -0.2) is 36.0 Å². The smallest absolute Gasteiger partial charge is 0.240 e. The summed E-state index contributed by atoms with van der Waals surface area (Å²) in [7, 11) is 0. The molecule has 2 fully saturated rings. The summed E-state index contributed by atoms with van der Waals surface area (Å²) in [6, 6.07) is 11.1. The minimum Gasteiger partial charge on any atom is -0.338 e. The number of amides is 1. The number of hydrogen-bond donors (Lipinski definition) is 1. The fraction of sp³-hybridized carbons (Fsp3) is 0.562. The zero-order chi connectivity index (χ0) is 13.2. The van der Waals surface area contributed by atoms with E-state index in [1.54, 1.807) is 0 Å². The first-order valence-corrected chi connectivity index (χ1v) is 7.40. The van der Waals surface area contributed by atoms with Crippen molar-refractivity contribution in [1.82, 2.24) is 10.2 Å². The lowest BCUT2D eigenvalue weighted by Crippen LogP contribution is -2.39. The van der Waals surface area contributed by atoms with Crippen LogP contribution in [0.5, 0.6) is 0 Å². The van der Waals surface area contributed by atoms with E-state index in [2.05, 4.69) is 41.4 Å². The molecule has 3 atom stereocenters. The molecule has 1 heterocycles. The van der Waals surface area contributed by atoms with Crippen molar-refractivity contribution >= 4 is 5.91 Å². The van der Waals surface area contributed by atoms with Gasteiger partial charge in [-0.1, -0.05) is 37.3 Å². The van der Waals surface area contributed by atoms with Crippen LogP contribution in [0, 0.1) is 0 Å². The number of nitrogens with one attached hydrogen (secondary N) is 1. The Bertz CT molecular complexity index is 445. The molecule has 3 heteroatoms. The number of rotatable bonds is 5. The van der Waals surface area contributed by atoms with E-state index in [1.165, 1.54) is 5.56 Å². The molecule has 1 saturated heterocycles.